The number of nitro groups is 1. The van der Waals surface area contributed by atoms with Crippen molar-refractivity contribution in [2.24, 2.45) is 0 Å². The average Bonchev–Trinajstić information content (AvgIpc) is 3.24. The molecule has 2 heterocycles. The lowest BCUT2D eigenvalue weighted by atomic mass is 10.1. The molecule has 0 spiro atoms. The van der Waals surface area contributed by atoms with Crippen LogP contribution in [0.5, 0.6) is 0 Å². The summed E-state index contributed by atoms with van der Waals surface area (Å²) in [4.78, 5) is 27.3. The van der Waals surface area contributed by atoms with Crippen molar-refractivity contribution >= 4 is 28.9 Å². The minimum atomic E-state index is -0.394. The third kappa shape index (κ3) is 4.02. The zero-order valence-corrected chi connectivity index (χ0v) is 17.1. The number of hydrogen-bond acceptors (Lipinski definition) is 5. The lowest BCUT2D eigenvalue weighted by Gasteiger charge is -2.36. The van der Waals surface area contributed by atoms with Crippen LogP contribution in [0.2, 0.25) is 5.02 Å². The van der Waals surface area contributed by atoms with E-state index in [1.54, 1.807) is 41.3 Å². The number of piperazine rings is 1. The van der Waals surface area contributed by atoms with E-state index < -0.39 is 4.92 Å². The monoisotopic (exact) mass is 425 g/mol. The van der Waals surface area contributed by atoms with Gasteiger partial charge in [-0.25, -0.2) is 0 Å². The van der Waals surface area contributed by atoms with Crippen LogP contribution in [0.25, 0.3) is 11.3 Å². The highest BCUT2D eigenvalue weighted by Crippen LogP contribution is 2.27. The van der Waals surface area contributed by atoms with Crippen molar-refractivity contribution in [3.05, 3.63) is 81.1 Å². The van der Waals surface area contributed by atoms with Gasteiger partial charge in [-0.05, 0) is 55.0 Å². The van der Waals surface area contributed by atoms with Crippen molar-refractivity contribution in [1.82, 2.24) is 4.90 Å². The molecule has 30 heavy (non-hydrogen) atoms. The van der Waals surface area contributed by atoms with Crippen LogP contribution in [0, 0.1) is 17.0 Å². The van der Waals surface area contributed by atoms with E-state index in [0.29, 0.717) is 42.7 Å². The Hall–Kier alpha value is -3.32. The van der Waals surface area contributed by atoms with E-state index in [0.717, 1.165) is 16.8 Å². The highest BCUT2D eigenvalue weighted by Gasteiger charge is 2.25. The van der Waals surface area contributed by atoms with Crippen LogP contribution in [0.1, 0.15) is 16.1 Å². The summed E-state index contributed by atoms with van der Waals surface area (Å²) in [5.41, 5.74) is 2.75. The maximum absolute atomic E-state index is 12.8. The first kappa shape index (κ1) is 20.0. The number of benzene rings is 2. The number of rotatable bonds is 4. The number of amides is 1. The van der Waals surface area contributed by atoms with Crippen molar-refractivity contribution in [1.29, 1.82) is 0 Å². The average molecular weight is 426 g/mol. The predicted octanol–water partition coefficient (Wildman–Crippen LogP) is 4.78. The second-order valence-electron chi connectivity index (χ2n) is 7.18. The van der Waals surface area contributed by atoms with Crippen molar-refractivity contribution in [3.63, 3.8) is 0 Å². The highest BCUT2D eigenvalue weighted by atomic mass is 35.5. The molecule has 1 fully saturated rings. The van der Waals surface area contributed by atoms with Gasteiger partial charge in [0.05, 0.1) is 4.92 Å². The topological polar surface area (TPSA) is 79.8 Å². The number of nitrogens with zero attached hydrogens (tertiary/aromatic N) is 3. The normalized spacial score (nSPS) is 14.1. The quantitative estimate of drug-likeness (QED) is 0.444. The molecule has 4 rings (SSSR count). The smallest absolute Gasteiger partial charge is 0.289 e. The Kier molecular flexibility index (Phi) is 5.46. The Morgan fingerprint density at radius 1 is 1.03 bits per heavy atom. The fraction of sp³-hybridized carbons (Fsp3) is 0.227. The van der Waals surface area contributed by atoms with Gasteiger partial charge in [0.15, 0.2) is 5.76 Å². The number of non-ortho nitro benzene ring substituents is 1. The van der Waals surface area contributed by atoms with Crippen LogP contribution in [-0.2, 0) is 0 Å². The standard InChI is InChI=1S/C22H20ClN3O4/c1-15-14-18(26(28)29)6-7-19(15)24-10-12-25(13-11-24)22(27)21-9-8-20(30-21)16-2-4-17(23)5-3-16/h2-9,14H,10-13H2,1H3. The first-order valence-corrected chi connectivity index (χ1v) is 9.95. The van der Waals surface area contributed by atoms with Gasteiger partial charge in [-0.1, -0.05) is 11.6 Å². The van der Waals surface area contributed by atoms with Crippen molar-refractivity contribution in [3.8, 4) is 11.3 Å². The first-order valence-electron chi connectivity index (χ1n) is 9.57. The Labute approximate surface area is 178 Å². The molecule has 0 aliphatic carbocycles. The molecule has 1 saturated heterocycles. The molecule has 2 aromatic carbocycles. The number of carbonyl (C=O) groups is 1. The molecule has 0 unspecified atom stereocenters. The molecule has 0 radical (unpaired) electrons. The predicted molar refractivity (Wildman–Crippen MR) is 115 cm³/mol. The van der Waals surface area contributed by atoms with Gasteiger partial charge < -0.3 is 14.2 Å². The number of anilines is 1. The van der Waals surface area contributed by atoms with E-state index in [1.165, 1.54) is 6.07 Å². The van der Waals surface area contributed by atoms with E-state index in [1.807, 2.05) is 19.1 Å². The molecule has 0 N–H and O–H groups in total. The van der Waals surface area contributed by atoms with Gasteiger partial charge in [-0.2, -0.15) is 0 Å². The lowest BCUT2D eigenvalue weighted by Crippen LogP contribution is -2.48. The number of aryl methyl sites for hydroxylation is 1. The number of furan rings is 1. The molecule has 8 heteroatoms. The van der Waals surface area contributed by atoms with Crippen molar-refractivity contribution < 1.29 is 14.1 Å². The highest BCUT2D eigenvalue weighted by molar-refractivity contribution is 6.30. The van der Waals surface area contributed by atoms with Gasteiger partial charge in [-0.3, -0.25) is 14.9 Å². The van der Waals surface area contributed by atoms with Crippen LogP contribution in [0.15, 0.2) is 59.0 Å². The van der Waals surface area contributed by atoms with Crippen LogP contribution in [-0.4, -0.2) is 41.9 Å². The second kappa shape index (κ2) is 8.20. The van der Waals surface area contributed by atoms with Gasteiger partial charge in [0.1, 0.15) is 5.76 Å². The molecular weight excluding hydrogens is 406 g/mol. The summed E-state index contributed by atoms with van der Waals surface area (Å²) >= 11 is 5.92. The minimum absolute atomic E-state index is 0.0828. The number of carbonyl (C=O) groups excluding carboxylic acids is 1. The lowest BCUT2D eigenvalue weighted by molar-refractivity contribution is -0.384. The maximum atomic E-state index is 12.8. The Bertz CT molecular complexity index is 1090. The summed E-state index contributed by atoms with van der Waals surface area (Å²) in [6.45, 7) is 4.25. The van der Waals surface area contributed by atoms with E-state index in [-0.39, 0.29) is 11.6 Å². The number of halogens is 1. The molecule has 0 atom stereocenters. The Morgan fingerprint density at radius 3 is 2.37 bits per heavy atom. The molecule has 3 aromatic rings. The van der Waals surface area contributed by atoms with Gasteiger partial charge >= 0.3 is 0 Å². The van der Waals surface area contributed by atoms with Crippen LogP contribution in [0.4, 0.5) is 11.4 Å². The molecule has 1 amide bonds. The van der Waals surface area contributed by atoms with Crippen LogP contribution < -0.4 is 4.90 Å². The van der Waals surface area contributed by atoms with Crippen LogP contribution in [0.3, 0.4) is 0 Å². The van der Waals surface area contributed by atoms with E-state index in [4.69, 9.17) is 16.0 Å². The molecule has 1 aliphatic rings. The Morgan fingerprint density at radius 2 is 1.73 bits per heavy atom. The SMILES string of the molecule is Cc1cc([N+](=O)[O-])ccc1N1CCN(C(=O)c2ccc(-c3ccc(Cl)cc3)o2)CC1. The summed E-state index contributed by atoms with van der Waals surface area (Å²) in [5.74, 6) is 0.783. The summed E-state index contributed by atoms with van der Waals surface area (Å²) in [5, 5.41) is 11.6. The Balaban J connectivity index is 1.41. The molecule has 7 nitrogen and oxygen atoms in total. The number of nitro benzene ring substituents is 1. The van der Waals surface area contributed by atoms with Gasteiger partial charge in [0.25, 0.3) is 11.6 Å². The van der Waals surface area contributed by atoms with Gasteiger partial charge in [0.2, 0.25) is 0 Å². The van der Waals surface area contributed by atoms with Crippen molar-refractivity contribution in [2.75, 3.05) is 31.1 Å². The first-order chi connectivity index (χ1) is 14.4. The van der Waals surface area contributed by atoms with Gasteiger partial charge in [0, 0.05) is 54.6 Å². The zero-order valence-electron chi connectivity index (χ0n) is 16.4. The van der Waals surface area contributed by atoms with Crippen molar-refractivity contribution in [2.45, 2.75) is 6.92 Å². The third-order valence-electron chi connectivity index (χ3n) is 5.24. The fourth-order valence-electron chi connectivity index (χ4n) is 3.64. The van der Waals surface area contributed by atoms with Gasteiger partial charge in [-0.15, -0.1) is 0 Å². The summed E-state index contributed by atoms with van der Waals surface area (Å²) in [6, 6.07) is 15.6. The maximum Gasteiger partial charge on any atom is 0.289 e. The van der Waals surface area contributed by atoms with E-state index in [2.05, 4.69) is 4.90 Å². The molecule has 0 saturated carbocycles. The van der Waals surface area contributed by atoms with E-state index in [9.17, 15) is 14.9 Å². The summed E-state index contributed by atoms with van der Waals surface area (Å²) < 4.78 is 5.78. The number of hydrogen-bond donors (Lipinski definition) is 0. The minimum Gasteiger partial charge on any atom is -0.451 e. The third-order valence-corrected chi connectivity index (χ3v) is 5.50. The largest absolute Gasteiger partial charge is 0.451 e. The molecule has 154 valence electrons. The molecule has 1 aliphatic heterocycles. The molecule has 1 aromatic heterocycles. The summed E-state index contributed by atoms with van der Waals surface area (Å²) in [7, 11) is 0. The zero-order chi connectivity index (χ0) is 21.3. The van der Waals surface area contributed by atoms with Crippen LogP contribution >= 0.6 is 11.6 Å². The summed E-state index contributed by atoms with van der Waals surface area (Å²) in [6.07, 6.45) is 0. The fourth-order valence-corrected chi connectivity index (χ4v) is 3.76. The molecule has 0 bridgehead atoms. The molecular formula is C22H20ClN3O4. The van der Waals surface area contributed by atoms with E-state index >= 15 is 0 Å². The second-order valence-corrected chi connectivity index (χ2v) is 7.61.